The first kappa shape index (κ1) is 15.1. The molecule has 0 aromatic heterocycles. The highest BCUT2D eigenvalue weighted by Gasteiger charge is 2.78. The van der Waals surface area contributed by atoms with Crippen LogP contribution in [0.5, 0.6) is 0 Å². The van der Waals surface area contributed by atoms with Crippen molar-refractivity contribution in [1.29, 1.82) is 0 Å². The van der Waals surface area contributed by atoms with E-state index in [9.17, 15) is 9.90 Å². The van der Waals surface area contributed by atoms with E-state index >= 15 is 0 Å². The largest absolute Gasteiger partial charge is 0.469 e. The monoisotopic (exact) mass is 352 g/mol. The first-order chi connectivity index (χ1) is 12.6. The molecule has 2 saturated carbocycles. The molecule has 8 atom stereocenters. The van der Waals surface area contributed by atoms with Crippen LogP contribution in [0.4, 0.5) is 5.69 Å². The lowest BCUT2D eigenvalue weighted by Gasteiger charge is -2.63. The quantitative estimate of drug-likeness (QED) is 0.615. The maximum atomic E-state index is 13.1. The van der Waals surface area contributed by atoms with Crippen LogP contribution in [0.2, 0.25) is 0 Å². The Morgan fingerprint density at radius 3 is 3.04 bits per heavy atom. The Balaban J connectivity index is 1.71. The van der Waals surface area contributed by atoms with Gasteiger partial charge in [-0.25, -0.2) is 0 Å². The molecule has 4 heterocycles. The van der Waals surface area contributed by atoms with E-state index in [4.69, 9.17) is 14.6 Å². The Labute approximate surface area is 151 Å². The number of para-hydroxylation sites is 1. The fraction of sp³-hybridized carbons (Fsp3) is 0.500. The number of fused-ring (bicyclic) bond motifs is 1. The predicted octanol–water partition coefficient (Wildman–Crippen LogP) is 1.71. The van der Waals surface area contributed by atoms with Crippen LogP contribution in [-0.4, -0.2) is 47.3 Å². The molecule has 0 amide bonds. The Bertz CT molecular complexity index is 909. The van der Waals surface area contributed by atoms with Gasteiger partial charge in [-0.05, 0) is 30.9 Å². The summed E-state index contributed by atoms with van der Waals surface area (Å²) in [5, 5.41) is 12.8. The summed E-state index contributed by atoms with van der Waals surface area (Å²) < 4.78 is 5.27. The lowest BCUT2D eigenvalue weighted by molar-refractivity contribution is -0.234. The smallest absolute Gasteiger partial charge is 0.310 e. The van der Waals surface area contributed by atoms with E-state index in [0.29, 0.717) is 0 Å². The molecule has 1 N–H and O–H groups in total. The summed E-state index contributed by atoms with van der Waals surface area (Å²) in [6, 6.07) is 8.00. The van der Waals surface area contributed by atoms with Gasteiger partial charge in [0.2, 0.25) is 0 Å². The molecular weight excluding hydrogens is 332 g/mol. The number of aliphatic hydroxyl groups excluding tert-OH is 1. The van der Waals surface area contributed by atoms with Crippen LogP contribution in [0.15, 0.2) is 40.9 Å². The average Bonchev–Trinajstić information content (AvgIpc) is 3.16. The van der Waals surface area contributed by atoms with Gasteiger partial charge in [-0.1, -0.05) is 29.8 Å². The molecule has 1 spiro atoms. The molecule has 2 aliphatic carbocycles. The second kappa shape index (κ2) is 4.63. The highest BCUT2D eigenvalue weighted by atomic mass is 16.8. The van der Waals surface area contributed by atoms with Gasteiger partial charge in [0.25, 0.3) is 0 Å². The topological polar surface area (TPSA) is 71.4 Å². The van der Waals surface area contributed by atoms with Crippen LogP contribution >= 0.6 is 0 Å². The van der Waals surface area contributed by atoms with Crippen molar-refractivity contribution in [2.24, 2.45) is 22.7 Å². The minimum atomic E-state index is -0.956. The third-order valence-corrected chi connectivity index (χ3v) is 7.24. The number of carbonyl (C=O) groups excluding carboxylic acids is 1. The number of aliphatic imine (C=N–C) groups is 1. The van der Waals surface area contributed by atoms with Crippen molar-refractivity contribution < 1.29 is 19.5 Å². The Morgan fingerprint density at radius 2 is 2.27 bits per heavy atom. The number of aliphatic hydroxyl groups is 1. The van der Waals surface area contributed by atoms with Crippen LogP contribution in [-0.2, 0) is 19.8 Å². The molecule has 6 nitrogen and oxygen atoms in total. The van der Waals surface area contributed by atoms with Crippen molar-refractivity contribution >= 4 is 17.4 Å². The molecule has 6 heteroatoms. The van der Waals surface area contributed by atoms with E-state index in [0.717, 1.165) is 23.4 Å². The van der Waals surface area contributed by atoms with E-state index in [-0.39, 0.29) is 35.8 Å². The molecule has 5 fully saturated rings. The minimum Gasteiger partial charge on any atom is -0.469 e. The minimum absolute atomic E-state index is 0.00425. The highest BCUT2D eigenvalue weighted by molar-refractivity contribution is 6.10. The zero-order valence-corrected chi connectivity index (χ0v) is 14.6. The van der Waals surface area contributed by atoms with Gasteiger partial charge in [0.05, 0.1) is 41.9 Å². The van der Waals surface area contributed by atoms with Crippen molar-refractivity contribution in [3.63, 3.8) is 0 Å². The number of benzene rings is 1. The highest BCUT2D eigenvalue weighted by Crippen LogP contribution is 2.69. The average molecular weight is 352 g/mol. The van der Waals surface area contributed by atoms with Gasteiger partial charge in [-0.15, -0.1) is 0 Å². The summed E-state index contributed by atoms with van der Waals surface area (Å²) in [5.41, 5.74) is 3.46. The SMILES string of the molecule is C/C=C1/[C@@H]2C3[C@@H](O)ON2[C@H]2C[C@@H]1C(C(=O)OC)[C@]31C2=Nc2ccccc21. The summed E-state index contributed by atoms with van der Waals surface area (Å²) in [7, 11) is 1.45. The summed E-state index contributed by atoms with van der Waals surface area (Å²) in [6.07, 6.45) is 1.91. The second-order valence-electron chi connectivity index (χ2n) is 7.86. The standard InChI is InChI=1S/C20H20N2O4/c1-3-9-10-8-13-17-20(14(10)18(23)25-2,11-6-4-5-7-12(11)21-17)15-16(9)22(13)26-19(15)24/h3-7,10,13-16,19,24H,8H2,1-2H3/b9-3+/t10-,13-,14?,15?,16+,19-,20-/m0/s1. The van der Waals surface area contributed by atoms with Gasteiger partial charge in [0.1, 0.15) is 0 Å². The van der Waals surface area contributed by atoms with Gasteiger partial charge in [-0.2, -0.15) is 5.06 Å². The number of hydrogen-bond donors (Lipinski definition) is 1. The van der Waals surface area contributed by atoms with Gasteiger partial charge in [-0.3, -0.25) is 14.6 Å². The number of hydroxylamine groups is 2. The summed E-state index contributed by atoms with van der Waals surface area (Å²) in [4.78, 5) is 23.9. The number of ether oxygens (including phenoxy) is 1. The van der Waals surface area contributed by atoms with Crippen LogP contribution < -0.4 is 0 Å². The second-order valence-corrected chi connectivity index (χ2v) is 7.86. The van der Waals surface area contributed by atoms with Crippen molar-refractivity contribution in [1.82, 2.24) is 5.06 Å². The van der Waals surface area contributed by atoms with Crippen molar-refractivity contribution in [3.05, 3.63) is 41.5 Å². The summed E-state index contributed by atoms with van der Waals surface area (Å²) in [5.74, 6) is -0.762. The van der Waals surface area contributed by atoms with Crippen LogP contribution in [0.3, 0.4) is 0 Å². The number of carbonyl (C=O) groups is 1. The van der Waals surface area contributed by atoms with Gasteiger partial charge < -0.3 is 9.84 Å². The summed E-state index contributed by atoms with van der Waals surface area (Å²) in [6.45, 7) is 2.01. The Kier molecular flexibility index (Phi) is 2.68. The van der Waals surface area contributed by atoms with Gasteiger partial charge >= 0.3 is 5.97 Å². The van der Waals surface area contributed by atoms with E-state index in [1.165, 1.54) is 12.7 Å². The van der Waals surface area contributed by atoms with Gasteiger partial charge in [0, 0.05) is 5.92 Å². The molecule has 134 valence electrons. The van der Waals surface area contributed by atoms with Crippen LogP contribution in [0.25, 0.3) is 0 Å². The number of hydrogen-bond acceptors (Lipinski definition) is 6. The summed E-state index contributed by atoms with van der Waals surface area (Å²) >= 11 is 0. The van der Waals surface area contributed by atoms with Crippen molar-refractivity contribution in [3.8, 4) is 0 Å². The molecule has 3 saturated heterocycles. The molecular formula is C20H20N2O4. The van der Waals surface area contributed by atoms with Crippen LogP contribution in [0, 0.1) is 17.8 Å². The zero-order chi connectivity index (χ0) is 17.8. The molecule has 7 rings (SSSR count). The van der Waals surface area contributed by atoms with Crippen LogP contribution in [0.1, 0.15) is 18.9 Å². The number of piperidine rings is 2. The molecule has 6 aliphatic rings. The molecule has 6 bridgehead atoms. The first-order valence-electron chi connectivity index (χ1n) is 9.20. The lowest BCUT2D eigenvalue weighted by atomic mass is 9.43. The molecule has 1 aromatic rings. The first-order valence-corrected chi connectivity index (χ1v) is 9.20. The fourth-order valence-electron chi connectivity index (χ4n) is 6.62. The third-order valence-electron chi connectivity index (χ3n) is 7.24. The number of allylic oxidation sites excluding steroid dienone is 1. The molecule has 26 heavy (non-hydrogen) atoms. The van der Waals surface area contributed by atoms with E-state index in [1.54, 1.807) is 0 Å². The molecule has 4 aliphatic heterocycles. The molecule has 1 aromatic carbocycles. The number of rotatable bonds is 1. The van der Waals surface area contributed by atoms with E-state index < -0.39 is 11.7 Å². The van der Waals surface area contributed by atoms with Crippen molar-refractivity contribution in [2.45, 2.75) is 37.1 Å². The predicted molar refractivity (Wildman–Crippen MR) is 92.6 cm³/mol. The van der Waals surface area contributed by atoms with E-state index in [1.807, 2.05) is 30.2 Å². The number of nitrogens with zero attached hydrogens (tertiary/aromatic N) is 2. The van der Waals surface area contributed by atoms with E-state index in [2.05, 4.69) is 12.1 Å². The molecule has 3 unspecified atom stereocenters. The lowest BCUT2D eigenvalue weighted by Crippen LogP contribution is -2.74. The normalized spacial score (nSPS) is 47.7. The maximum absolute atomic E-state index is 13.1. The number of methoxy groups -OCH3 is 1. The number of esters is 1. The van der Waals surface area contributed by atoms with Crippen molar-refractivity contribution in [2.75, 3.05) is 7.11 Å². The third kappa shape index (κ3) is 1.34. The zero-order valence-electron chi connectivity index (χ0n) is 14.6. The molecule has 0 radical (unpaired) electrons. The Morgan fingerprint density at radius 1 is 1.46 bits per heavy atom. The Hall–Kier alpha value is -2.02. The van der Waals surface area contributed by atoms with Gasteiger partial charge in [0.15, 0.2) is 6.29 Å². The fourth-order valence-corrected chi connectivity index (χ4v) is 6.62. The maximum Gasteiger partial charge on any atom is 0.310 e.